The zero-order chi connectivity index (χ0) is 4.24. The molecular weight excluding hydrogens is 128 g/mol. The van der Waals surface area contributed by atoms with E-state index in [0.29, 0.717) is 29.5 Å². The monoisotopic (exact) mass is 130 g/mol. The zero-order valence-electron chi connectivity index (χ0n) is 3.02. The molecule has 0 saturated carbocycles. The standard InChI is InChI=1S/CH2O2Si3/c1-4-2-6-3-5-1/h1H2. The second-order valence-electron chi connectivity index (χ2n) is 0.753. The first-order valence-electron chi connectivity index (χ1n) is 1.52. The van der Waals surface area contributed by atoms with Crippen molar-refractivity contribution in [2.45, 2.75) is 5.67 Å². The van der Waals surface area contributed by atoms with E-state index in [4.69, 9.17) is 8.23 Å². The lowest BCUT2D eigenvalue weighted by Crippen LogP contribution is -2.19. The average molecular weight is 130 g/mol. The van der Waals surface area contributed by atoms with Gasteiger partial charge >= 0.3 is 10.0 Å². The lowest BCUT2D eigenvalue weighted by molar-refractivity contribution is 0.478. The van der Waals surface area contributed by atoms with Crippen molar-refractivity contribution in [2.75, 3.05) is 0 Å². The van der Waals surface area contributed by atoms with Crippen molar-refractivity contribution < 1.29 is 8.23 Å². The lowest BCUT2D eigenvalue weighted by Gasteiger charge is -2.04. The molecular formula is CH2O2Si3. The number of hydrogen-bond donors (Lipinski definition) is 0. The first kappa shape index (κ1) is 4.72. The summed E-state index contributed by atoms with van der Waals surface area (Å²) in [7, 11) is 1.73. The Labute approximate surface area is 44.2 Å². The van der Waals surface area contributed by atoms with Gasteiger partial charge in [0.05, 0.1) is 0 Å². The quantitative estimate of drug-likeness (QED) is 0.399. The van der Waals surface area contributed by atoms with Crippen molar-refractivity contribution in [1.29, 1.82) is 0 Å². The van der Waals surface area contributed by atoms with Crippen LogP contribution < -0.4 is 0 Å². The molecule has 0 aliphatic carbocycles. The van der Waals surface area contributed by atoms with Gasteiger partial charge in [0.15, 0.2) is 0 Å². The average Bonchev–Trinajstić information content (AvgIpc) is 1.72. The van der Waals surface area contributed by atoms with Crippen molar-refractivity contribution >= 4 is 29.5 Å². The van der Waals surface area contributed by atoms with E-state index in [2.05, 4.69) is 0 Å². The molecule has 1 heterocycles. The normalized spacial score (nSPS) is 24.0. The minimum Gasteiger partial charge on any atom is -0.435 e. The molecule has 0 bridgehead atoms. The molecule has 6 radical (unpaired) electrons. The molecule has 1 fully saturated rings. The first-order valence-corrected chi connectivity index (χ1v) is 4.57. The van der Waals surface area contributed by atoms with Crippen LogP contribution in [0.15, 0.2) is 0 Å². The zero-order valence-corrected chi connectivity index (χ0v) is 6.02. The van der Waals surface area contributed by atoms with Crippen molar-refractivity contribution in [3.8, 4) is 0 Å². The van der Waals surface area contributed by atoms with Gasteiger partial charge in [-0.1, -0.05) is 0 Å². The summed E-state index contributed by atoms with van der Waals surface area (Å²) < 4.78 is 9.82. The van der Waals surface area contributed by atoms with Crippen LogP contribution in [0.25, 0.3) is 0 Å². The molecule has 0 aromatic rings. The van der Waals surface area contributed by atoms with Crippen LogP contribution in [-0.2, 0) is 8.23 Å². The minimum absolute atomic E-state index is 0.326. The molecule has 0 atom stereocenters. The van der Waals surface area contributed by atoms with Crippen LogP contribution >= 0.6 is 0 Å². The molecule has 0 N–H and O–H groups in total. The fourth-order valence-corrected chi connectivity index (χ4v) is 3.31. The topological polar surface area (TPSA) is 18.5 Å². The smallest absolute Gasteiger partial charge is 0.409 e. The molecule has 6 heavy (non-hydrogen) atoms. The Bertz CT molecular complexity index is 24.3. The summed E-state index contributed by atoms with van der Waals surface area (Å²) in [5.41, 5.74) is 1.12. The van der Waals surface area contributed by atoms with Crippen LogP contribution in [0.2, 0.25) is 5.67 Å². The summed E-state index contributed by atoms with van der Waals surface area (Å²) in [5.74, 6) is 0. The van der Waals surface area contributed by atoms with Crippen LogP contribution in [0.4, 0.5) is 0 Å². The van der Waals surface area contributed by atoms with Gasteiger partial charge in [-0.25, -0.2) is 0 Å². The summed E-state index contributed by atoms with van der Waals surface area (Å²) in [6.07, 6.45) is 0. The van der Waals surface area contributed by atoms with Gasteiger partial charge in [-0.2, -0.15) is 0 Å². The maximum Gasteiger partial charge on any atom is 0.409 e. The Kier molecular flexibility index (Phi) is 2.12. The van der Waals surface area contributed by atoms with E-state index < -0.39 is 0 Å². The Balaban J connectivity index is 2.00. The van der Waals surface area contributed by atoms with Crippen LogP contribution in [0.1, 0.15) is 0 Å². The van der Waals surface area contributed by atoms with Crippen LogP contribution in [0.3, 0.4) is 0 Å². The molecule has 0 spiro atoms. The molecule has 0 amide bonds. The third-order valence-corrected chi connectivity index (χ3v) is 3.35. The van der Waals surface area contributed by atoms with Gasteiger partial charge in [-0.15, -0.1) is 0 Å². The highest BCUT2D eigenvalue weighted by Crippen LogP contribution is 1.84. The summed E-state index contributed by atoms with van der Waals surface area (Å²) in [6, 6.07) is 0. The Hall–Kier alpha value is 0.571. The summed E-state index contributed by atoms with van der Waals surface area (Å²) >= 11 is 0. The Morgan fingerprint density at radius 2 is 1.83 bits per heavy atom. The maximum atomic E-state index is 4.91. The first-order chi connectivity index (χ1) is 3.00. The van der Waals surface area contributed by atoms with Gasteiger partial charge in [-0.3, -0.25) is 0 Å². The largest absolute Gasteiger partial charge is 0.435 e. The molecule has 0 unspecified atom stereocenters. The highest BCUT2D eigenvalue weighted by Gasteiger charge is 2.02. The fraction of sp³-hybridized carbons (Fsp3) is 1.00. The van der Waals surface area contributed by atoms with Crippen molar-refractivity contribution in [3.63, 3.8) is 0 Å². The van der Waals surface area contributed by atoms with Crippen molar-refractivity contribution in [2.24, 2.45) is 0 Å². The third kappa shape index (κ3) is 1.35. The van der Waals surface area contributed by atoms with E-state index in [1.165, 1.54) is 0 Å². The van der Waals surface area contributed by atoms with Gasteiger partial charge < -0.3 is 8.23 Å². The van der Waals surface area contributed by atoms with E-state index in [0.717, 1.165) is 5.67 Å². The maximum absolute atomic E-state index is 4.91. The Morgan fingerprint density at radius 1 is 1.17 bits per heavy atom. The van der Waals surface area contributed by atoms with Crippen LogP contribution in [0.5, 0.6) is 0 Å². The van der Waals surface area contributed by atoms with E-state index in [-0.39, 0.29) is 0 Å². The molecule has 1 aliphatic heterocycles. The van der Waals surface area contributed by atoms with Gasteiger partial charge in [0.25, 0.3) is 0 Å². The molecule has 0 aromatic heterocycles. The SMILES string of the molecule is C1[Si]O[Si]O[Si]1. The third-order valence-electron chi connectivity index (χ3n) is 0.372. The molecule has 1 rings (SSSR count). The van der Waals surface area contributed by atoms with E-state index >= 15 is 0 Å². The summed E-state index contributed by atoms with van der Waals surface area (Å²) in [6.45, 7) is 0. The van der Waals surface area contributed by atoms with Crippen LogP contribution in [-0.4, -0.2) is 29.5 Å². The summed E-state index contributed by atoms with van der Waals surface area (Å²) in [4.78, 5) is 0. The molecule has 5 heteroatoms. The van der Waals surface area contributed by atoms with Crippen molar-refractivity contribution in [1.82, 2.24) is 0 Å². The predicted octanol–water partition coefficient (Wildman–Crippen LogP) is -0.818. The highest BCUT2D eigenvalue weighted by molar-refractivity contribution is 6.59. The number of rotatable bonds is 0. The Morgan fingerprint density at radius 3 is 2.00 bits per heavy atom. The molecule has 2 nitrogen and oxygen atoms in total. The fourth-order valence-electron chi connectivity index (χ4n) is 0.181. The van der Waals surface area contributed by atoms with E-state index in [1.54, 1.807) is 0 Å². The van der Waals surface area contributed by atoms with Gasteiger partial charge in [-0.05, 0) is 5.67 Å². The van der Waals surface area contributed by atoms with Crippen molar-refractivity contribution in [3.05, 3.63) is 0 Å². The molecule has 1 aliphatic rings. The van der Waals surface area contributed by atoms with Gasteiger partial charge in [0.2, 0.25) is 19.5 Å². The van der Waals surface area contributed by atoms with Crippen LogP contribution in [0, 0.1) is 0 Å². The van der Waals surface area contributed by atoms with Gasteiger partial charge in [0.1, 0.15) is 0 Å². The lowest BCUT2D eigenvalue weighted by atomic mass is 11.9. The second kappa shape index (κ2) is 2.70. The van der Waals surface area contributed by atoms with E-state index in [9.17, 15) is 0 Å². The molecule has 0 aromatic carbocycles. The predicted molar refractivity (Wildman–Crippen MR) is 24.2 cm³/mol. The highest BCUT2D eigenvalue weighted by atomic mass is 28.4. The second-order valence-corrected chi connectivity index (χ2v) is 4.54. The summed E-state index contributed by atoms with van der Waals surface area (Å²) in [5, 5.41) is 0. The van der Waals surface area contributed by atoms with Gasteiger partial charge in [0, 0.05) is 0 Å². The molecule has 1 saturated heterocycles. The van der Waals surface area contributed by atoms with E-state index in [1.807, 2.05) is 0 Å². The number of hydrogen-bond acceptors (Lipinski definition) is 2. The molecule has 30 valence electrons. The minimum atomic E-state index is 0.326.